The monoisotopic (exact) mass is 234 g/mol. The van der Waals surface area contributed by atoms with Crippen molar-refractivity contribution in [3.05, 3.63) is 59.7 Å². The Kier molecular flexibility index (Phi) is 2.29. The first-order chi connectivity index (χ1) is 8.93. The Hall–Kier alpha value is -1.56. The lowest BCUT2D eigenvalue weighted by Crippen LogP contribution is -1.91. The van der Waals surface area contributed by atoms with Gasteiger partial charge in [0.25, 0.3) is 0 Å². The second-order valence-electron chi connectivity index (χ2n) is 5.72. The summed E-state index contributed by atoms with van der Waals surface area (Å²) in [6, 6.07) is 18.0. The van der Waals surface area contributed by atoms with E-state index < -0.39 is 0 Å². The Labute approximate surface area is 109 Å². The fourth-order valence-corrected chi connectivity index (χ4v) is 2.99. The van der Waals surface area contributed by atoms with E-state index in [9.17, 15) is 0 Å². The summed E-state index contributed by atoms with van der Waals surface area (Å²) in [6.07, 6.45) is 5.51. The van der Waals surface area contributed by atoms with Crippen LogP contribution in [0.1, 0.15) is 48.6 Å². The number of benzene rings is 2. The third-order valence-electron chi connectivity index (χ3n) is 4.25. The minimum absolute atomic E-state index is 0.827. The normalized spacial score (nSPS) is 18.9. The molecular formula is C18H18. The molecule has 0 heteroatoms. The second kappa shape index (κ2) is 3.98. The summed E-state index contributed by atoms with van der Waals surface area (Å²) < 4.78 is 0. The Morgan fingerprint density at radius 3 is 1.33 bits per heavy atom. The lowest BCUT2D eigenvalue weighted by Gasteiger charge is -2.13. The largest absolute Gasteiger partial charge is 0.0619 e. The van der Waals surface area contributed by atoms with Crippen LogP contribution in [0.4, 0.5) is 0 Å². The van der Waals surface area contributed by atoms with Gasteiger partial charge in [0.2, 0.25) is 0 Å². The van der Waals surface area contributed by atoms with Gasteiger partial charge in [-0.05, 0) is 59.8 Å². The molecule has 90 valence electrons. The first kappa shape index (κ1) is 10.4. The molecule has 2 fully saturated rings. The molecule has 0 radical (unpaired) electrons. The first-order valence-electron chi connectivity index (χ1n) is 7.12. The average molecular weight is 234 g/mol. The predicted octanol–water partition coefficient (Wildman–Crippen LogP) is 5.11. The molecule has 2 aromatic rings. The summed E-state index contributed by atoms with van der Waals surface area (Å²) in [5.74, 6) is 1.65. The average Bonchev–Trinajstić information content (AvgIpc) is 3.32. The molecule has 4 rings (SSSR count). The molecule has 0 N–H and O–H groups in total. The van der Waals surface area contributed by atoms with Gasteiger partial charge in [-0.1, -0.05) is 48.5 Å². The van der Waals surface area contributed by atoms with Crippen molar-refractivity contribution >= 4 is 0 Å². The highest BCUT2D eigenvalue weighted by atomic mass is 14.3. The van der Waals surface area contributed by atoms with Crippen LogP contribution < -0.4 is 0 Å². The van der Waals surface area contributed by atoms with Gasteiger partial charge in [-0.15, -0.1) is 0 Å². The van der Waals surface area contributed by atoms with E-state index in [1.807, 2.05) is 0 Å². The highest BCUT2D eigenvalue weighted by Gasteiger charge is 2.29. The third kappa shape index (κ3) is 1.77. The molecule has 0 amide bonds. The molecule has 2 saturated carbocycles. The lowest BCUT2D eigenvalue weighted by atomic mass is 9.91. The maximum absolute atomic E-state index is 2.33. The zero-order chi connectivity index (χ0) is 11.9. The second-order valence-corrected chi connectivity index (χ2v) is 5.72. The van der Waals surface area contributed by atoms with Crippen molar-refractivity contribution in [2.75, 3.05) is 0 Å². The summed E-state index contributed by atoms with van der Waals surface area (Å²) in [4.78, 5) is 0. The minimum Gasteiger partial charge on any atom is -0.0619 e. The first-order valence-corrected chi connectivity index (χ1v) is 7.12. The molecule has 0 unspecified atom stereocenters. The summed E-state index contributed by atoms with van der Waals surface area (Å²) in [5, 5.41) is 0. The molecule has 2 aromatic carbocycles. The van der Waals surface area contributed by atoms with E-state index in [-0.39, 0.29) is 0 Å². The van der Waals surface area contributed by atoms with E-state index in [0.717, 1.165) is 11.8 Å². The fourth-order valence-electron chi connectivity index (χ4n) is 2.99. The third-order valence-corrected chi connectivity index (χ3v) is 4.25. The highest BCUT2D eigenvalue weighted by molar-refractivity contribution is 5.72. The number of hydrogen-bond donors (Lipinski definition) is 0. The van der Waals surface area contributed by atoms with Crippen molar-refractivity contribution in [3.8, 4) is 11.1 Å². The van der Waals surface area contributed by atoms with Gasteiger partial charge in [-0.2, -0.15) is 0 Å². The molecule has 0 aromatic heterocycles. The molecule has 0 atom stereocenters. The maximum Gasteiger partial charge on any atom is -0.0146 e. The van der Waals surface area contributed by atoms with E-state index in [1.165, 1.54) is 36.8 Å². The molecule has 0 saturated heterocycles. The van der Waals surface area contributed by atoms with Gasteiger partial charge in [0.05, 0.1) is 0 Å². The molecule has 0 bridgehead atoms. The molecular weight excluding hydrogens is 216 g/mol. The Balaban J connectivity index is 1.87. The van der Waals surface area contributed by atoms with Crippen molar-refractivity contribution in [2.24, 2.45) is 0 Å². The van der Waals surface area contributed by atoms with Crippen LogP contribution in [0.3, 0.4) is 0 Å². The van der Waals surface area contributed by atoms with Crippen molar-refractivity contribution in [2.45, 2.75) is 37.5 Å². The van der Waals surface area contributed by atoms with Crippen LogP contribution in [0.15, 0.2) is 48.5 Å². The molecule has 2 aliphatic rings. The number of hydrogen-bond acceptors (Lipinski definition) is 0. The van der Waals surface area contributed by atoms with Crippen molar-refractivity contribution in [3.63, 3.8) is 0 Å². The van der Waals surface area contributed by atoms with E-state index in [4.69, 9.17) is 0 Å². The van der Waals surface area contributed by atoms with Gasteiger partial charge < -0.3 is 0 Å². The minimum atomic E-state index is 0.827. The van der Waals surface area contributed by atoms with E-state index in [0.29, 0.717) is 0 Å². The van der Waals surface area contributed by atoms with Crippen LogP contribution in [-0.2, 0) is 0 Å². The summed E-state index contributed by atoms with van der Waals surface area (Å²) in [6.45, 7) is 0. The SMILES string of the molecule is c1ccc(C2CC2)c(-c2ccccc2C2CC2)c1. The van der Waals surface area contributed by atoms with Gasteiger partial charge in [-0.3, -0.25) is 0 Å². The van der Waals surface area contributed by atoms with Gasteiger partial charge in [0.1, 0.15) is 0 Å². The fraction of sp³-hybridized carbons (Fsp3) is 0.333. The maximum atomic E-state index is 2.33. The van der Waals surface area contributed by atoms with Crippen LogP contribution in [0.5, 0.6) is 0 Å². The molecule has 18 heavy (non-hydrogen) atoms. The van der Waals surface area contributed by atoms with Crippen molar-refractivity contribution in [1.29, 1.82) is 0 Å². The van der Waals surface area contributed by atoms with Crippen LogP contribution in [0.25, 0.3) is 11.1 Å². The standard InChI is InChI=1S/C18H18/c1-3-7-17(15(5-1)13-9-10-13)18-8-4-2-6-16(18)14-11-12-14/h1-8,13-14H,9-12H2. The van der Waals surface area contributed by atoms with E-state index >= 15 is 0 Å². The zero-order valence-corrected chi connectivity index (χ0v) is 10.6. The summed E-state index contributed by atoms with van der Waals surface area (Å²) in [7, 11) is 0. The molecule has 0 spiro atoms. The van der Waals surface area contributed by atoms with E-state index in [1.54, 1.807) is 11.1 Å². The Bertz CT molecular complexity index is 521. The molecule has 0 nitrogen and oxygen atoms in total. The van der Waals surface area contributed by atoms with E-state index in [2.05, 4.69) is 48.5 Å². The van der Waals surface area contributed by atoms with Crippen molar-refractivity contribution in [1.82, 2.24) is 0 Å². The van der Waals surface area contributed by atoms with Gasteiger partial charge in [0.15, 0.2) is 0 Å². The summed E-state index contributed by atoms with van der Waals surface area (Å²) in [5.41, 5.74) is 6.13. The quantitative estimate of drug-likeness (QED) is 0.692. The lowest BCUT2D eigenvalue weighted by molar-refractivity contribution is 1.11. The van der Waals surface area contributed by atoms with Crippen LogP contribution >= 0.6 is 0 Å². The topological polar surface area (TPSA) is 0 Å². The smallest absolute Gasteiger partial charge is 0.0146 e. The van der Waals surface area contributed by atoms with Gasteiger partial charge in [-0.25, -0.2) is 0 Å². The Morgan fingerprint density at radius 2 is 0.944 bits per heavy atom. The molecule has 2 aliphatic carbocycles. The molecule has 0 aliphatic heterocycles. The molecule has 0 heterocycles. The van der Waals surface area contributed by atoms with Crippen LogP contribution in [0, 0.1) is 0 Å². The van der Waals surface area contributed by atoms with Crippen LogP contribution in [-0.4, -0.2) is 0 Å². The van der Waals surface area contributed by atoms with Crippen LogP contribution in [0.2, 0.25) is 0 Å². The summed E-state index contributed by atoms with van der Waals surface area (Å²) >= 11 is 0. The van der Waals surface area contributed by atoms with Gasteiger partial charge >= 0.3 is 0 Å². The number of rotatable bonds is 3. The zero-order valence-electron chi connectivity index (χ0n) is 10.6. The predicted molar refractivity (Wildman–Crippen MR) is 75.8 cm³/mol. The van der Waals surface area contributed by atoms with Gasteiger partial charge in [0, 0.05) is 0 Å². The highest BCUT2D eigenvalue weighted by Crippen LogP contribution is 2.48. The Morgan fingerprint density at radius 1 is 0.556 bits per heavy atom. The van der Waals surface area contributed by atoms with Crippen molar-refractivity contribution < 1.29 is 0 Å².